The van der Waals surface area contributed by atoms with Gasteiger partial charge in [-0.25, -0.2) is 0 Å². The summed E-state index contributed by atoms with van der Waals surface area (Å²) in [6.07, 6.45) is 13.8. The van der Waals surface area contributed by atoms with Crippen molar-refractivity contribution in [1.29, 1.82) is 0 Å². The van der Waals surface area contributed by atoms with Gasteiger partial charge in [0, 0.05) is 56.6 Å². The highest BCUT2D eigenvalue weighted by molar-refractivity contribution is 5.95. The summed E-state index contributed by atoms with van der Waals surface area (Å²) >= 11 is 0. The van der Waals surface area contributed by atoms with E-state index in [0.29, 0.717) is 17.0 Å². The van der Waals surface area contributed by atoms with Crippen molar-refractivity contribution in [2.24, 2.45) is 17.8 Å². The number of hydrogen-bond donors (Lipinski definition) is 5. The van der Waals surface area contributed by atoms with Crippen LogP contribution in [-0.2, 0) is 25.5 Å². The SMILES string of the molecule is C=Cc1c2[nH]c(c1C)/C=C1\NC(C3=c4[nH]c(c(C)c4=C(O)[C@@H]3C(=O)OC)/C=c3\[nH]/c(c(C)c3CC)=C\2)[C@@H](CCC(=O)OC/C=C(\C)CCC)[C@@H]1C. The first kappa shape index (κ1) is 35.9. The molecule has 1 saturated heterocycles. The standard InChI is InChI=1S/C42H52N4O5/c1-10-13-21(4)16-17-51-35(47)15-14-28-24(7)31-18-29-22(5)26(11-2)33(43-29)19-30-23(6)27(12-3)34(44-30)20-32-25(8)36-40(46-32)37(39(28)45-31)38(41(36)48)42(49)50-9/h11,16,18-20,24,28,38-39,43-46,48H,2,10,12-15,17H2,1,3-9H3/b21-16+,30-19-,31-18-,34-20-/t24-,28-,38+,39?/m0/s1. The number of ether oxygens (including phenoxy) is 2. The van der Waals surface area contributed by atoms with Gasteiger partial charge < -0.3 is 34.8 Å². The molecule has 1 aliphatic carbocycles. The van der Waals surface area contributed by atoms with Gasteiger partial charge in [-0.15, -0.1) is 0 Å². The van der Waals surface area contributed by atoms with Gasteiger partial charge in [-0.05, 0) is 105 Å². The molecule has 3 aliphatic rings. The molecule has 270 valence electrons. The van der Waals surface area contributed by atoms with Crippen LogP contribution in [0.1, 0.15) is 98.3 Å². The molecule has 5 heterocycles. The number of aliphatic hydroxyl groups excluding tert-OH is 1. The highest BCUT2D eigenvalue weighted by atomic mass is 16.5. The van der Waals surface area contributed by atoms with Crippen LogP contribution in [-0.4, -0.2) is 51.8 Å². The number of aromatic nitrogens is 3. The first-order valence-corrected chi connectivity index (χ1v) is 18.2. The molecular weight excluding hydrogens is 640 g/mol. The summed E-state index contributed by atoms with van der Waals surface area (Å²) in [5, 5.41) is 18.9. The first-order chi connectivity index (χ1) is 24.4. The van der Waals surface area contributed by atoms with E-state index in [1.54, 1.807) is 0 Å². The Morgan fingerprint density at radius 1 is 0.961 bits per heavy atom. The molecule has 0 aromatic carbocycles. The van der Waals surface area contributed by atoms with Crippen LogP contribution in [0.2, 0.25) is 0 Å². The van der Waals surface area contributed by atoms with E-state index in [4.69, 9.17) is 9.47 Å². The third kappa shape index (κ3) is 6.32. The molecule has 6 rings (SSSR count). The maximum absolute atomic E-state index is 13.5. The van der Waals surface area contributed by atoms with E-state index in [9.17, 15) is 14.7 Å². The van der Waals surface area contributed by atoms with Gasteiger partial charge in [0.25, 0.3) is 0 Å². The Morgan fingerprint density at radius 3 is 2.37 bits per heavy atom. The molecule has 51 heavy (non-hydrogen) atoms. The van der Waals surface area contributed by atoms with E-state index in [0.717, 1.165) is 75.0 Å². The zero-order valence-corrected chi connectivity index (χ0v) is 31.2. The molecule has 5 N–H and O–H groups in total. The lowest BCUT2D eigenvalue weighted by Gasteiger charge is -2.26. The Hall–Kier alpha value is -4.92. The molecule has 8 bridgehead atoms. The van der Waals surface area contributed by atoms with Crippen LogP contribution in [0, 0.1) is 38.5 Å². The second kappa shape index (κ2) is 14.4. The molecule has 4 atom stereocenters. The van der Waals surface area contributed by atoms with Crippen LogP contribution in [0.3, 0.4) is 0 Å². The molecule has 1 fully saturated rings. The molecule has 3 aromatic heterocycles. The van der Waals surface area contributed by atoms with Crippen molar-refractivity contribution in [1.82, 2.24) is 20.3 Å². The van der Waals surface area contributed by atoms with Crippen LogP contribution in [0.5, 0.6) is 0 Å². The fourth-order valence-corrected chi connectivity index (χ4v) is 8.41. The summed E-state index contributed by atoms with van der Waals surface area (Å²) in [5.74, 6) is -1.92. The number of allylic oxidation sites excluding steroid dienone is 2. The zero-order chi connectivity index (χ0) is 36.7. The third-order valence-electron chi connectivity index (χ3n) is 11.3. The smallest absolute Gasteiger partial charge is 0.320 e. The molecule has 3 aromatic rings. The minimum atomic E-state index is -0.987. The lowest BCUT2D eigenvalue weighted by atomic mass is 9.80. The summed E-state index contributed by atoms with van der Waals surface area (Å²) < 4.78 is 10.9. The molecular formula is C42H52N4O5. The second-order valence-electron chi connectivity index (χ2n) is 14.3. The average molecular weight is 693 g/mol. The summed E-state index contributed by atoms with van der Waals surface area (Å²) in [7, 11) is 1.35. The van der Waals surface area contributed by atoms with Crippen molar-refractivity contribution in [2.75, 3.05) is 13.7 Å². The van der Waals surface area contributed by atoms with Gasteiger partial charge in [0.1, 0.15) is 18.3 Å². The molecule has 9 nitrogen and oxygen atoms in total. The fraction of sp³-hybridized carbons (Fsp3) is 0.429. The van der Waals surface area contributed by atoms with E-state index in [2.05, 4.69) is 86.6 Å². The number of methoxy groups -OCH3 is 1. The fourth-order valence-electron chi connectivity index (χ4n) is 8.41. The lowest BCUT2D eigenvalue weighted by Crippen LogP contribution is -2.38. The number of rotatable bonds is 10. The van der Waals surface area contributed by atoms with Gasteiger partial charge in [-0.3, -0.25) is 9.59 Å². The number of fused-ring (bicyclic) bond motifs is 8. The average Bonchev–Trinajstić information content (AvgIpc) is 3.84. The van der Waals surface area contributed by atoms with Crippen LogP contribution < -0.4 is 26.6 Å². The van der Waals surface area contributed by atoms with Crippen molar-refractivity contribution >= 4 is 47.6 Å². The molecule has 0 radical (unpaired) electrons. The molecule has 0 spiro atoms. The summed E-state index contributed by atoms with van der Waals surface area (Å²) in [6, 6.07) is -0.386. The lowest BCUT2D eigenvalue weighted by molar-refractivity contribution is -0.143. The van der Waals surface area contributed by atoms with Crippen molar-refractivity contribution < 1.29 is 24.2 Å². The van der Waals surface area contributed by atoms with E-state index in [-0.39, 0.29) is 42.6 Å². The number of esters is 2. The quantitative estimate of drug-likeness (QED) is 0.154. The normalized spacial score (nSPS) is 23.1. The molecule has 0 saturated carbocycles. The molecule has 1 unspecified atom stereocenters. The Labute approximate surface area is 299 Å². The van der Waals surface area contributed by atoms with E-state index < -0.39 is 11.9 Å². The second-order valence-corrected chi connectivity index (χ2v) is 14.3. The number of nitrogens with one attached hydrogen (secondary N) is 4. The largest absolute Gasteiger partial charge is 0.510 e. The predicted molar refractivity (Wildman–Crippen MR) is 203 cm³/mol. The van der Waals surface area contributed by atoms with Gasteiger partial charge in [-0.1, -0.05) is 45.4 Å². The summed E-state index contributed by atoms with van der Waals surface area (Å²) in [4.78, 5) is 37.5. The van der Waals surface area contributed by atoms with Crippen molar-refractivity contribution in [2.45, 2.75) is 86.6 Å². The van der Waals surface area contributed by atoms with E-state index >= 15 is 0 Å². The number of hydrogen-bond acceptors (Lipinski definition) is 6. The number of H-pyrrole nitrogens is 3. The third-order valence-corrected chi connectivity index (χ3v) is 11.3. The highest BCUT2D eigenvalue weighted by Gasteiger charge is 2.47. The first-order valence-electron chi connectivity index (χ1n) is 18.2. The zero-order valence-electron chi connectivity index (χ0n) is 31.2. The number of aromatic amines is 3. The minimum absolute atomic E-state index is 0.0199. The Morgan fingerprint density at radius 2 is 1.69 bits per heavy atom. The van der Waals surface area contributed by atoms with Crippen molar-refractivity contribution in [3.05, 3.63) is 90.1 Å². The van der Waals surface area contributed by atoms with Gasteiger partial charge in [0.15, 0.2) is 0 Å². The number of carbonyl (C=O) groups excluding carboxylic acids is 2. The predicted octanol–water partition coefficient (Wildman–Crippen LogP) is 4.73. The van der Waals surface area contributed by atoms with Gasteiger partial charge in [0.2, 0.25) is 0 Å². The topological polar surface area (TPSA) is 132 Å². The van der Waals surface area contributed by atoms with Gasteiger partial charge in [-0.2, -0.15) is 0 Å². The van der Waals surface area contributed by atoms with E-state index in [1.165, 1.54) is 23.8 Å². The maximum Gasteiger partial charge on any atom is 0.320 e. The Kier molecular flexibility index (Phi) is 10.1. The highest BCUT2D eigenvalue weighted by Crippen LogP contribution is 2.42. The van der Waals surface area contributed by atoms with Crippen LogP contribution >= 0.6 is 0 Å². The Bertz CT molecular complexity index is 2220. The Balaban J connectivity index is 1.56. The van der Waals surface area contributed by atoms with Crippen LogP contribution in [0.25, 0.3) is 35.6 Å². The van der Waals surface area contributed by atoms with Crippen LogP contribution in [0.15, 0.2) is 23.9 Å². The van der Waals surface area contributed by atoms with Crippen molar-refractivity contribution in [3.63, 3.8) is 0 Å². The molecule has 9 heteroatoms. The van der Waals surface area contributed by atoms with Gasteiger partial charge in [0.05, 0.1) is 18.5 Å². The van der Waals surface area contributed by atoms with Crippen molar-refractivity contribution in [3.8, 4) is 0 Å². The van der Waals surface area contributed by atoms with E-state index in [1.807, 2.05) is 19.1 Å². The van der Waals surface area contributed by atoms with Gasteiger partial charge >= 0.3 is 11.9 Å². The monoisotopic (exact) mass is 692 g/mol. The summed E-state index contributed by atoms with van der Waals surface area (Å²) in [5.41, 5.74) is 11.0. The number of aliphatic hydroxyl groups is 1. The number of carbonyl (C=O) groups is 2. The molecule has 0 amide bonds. The molecule has 2 aliphatic heterocycles. The maximum atomic E-state index is 13.5. The summed E-state index contributed by atoms with van der Waals surface area (Å²) in [6.45, 7) is 19.1. The van der Waals surface area contributed by atoms with Crippen LogP contribution in [0.4, 0.5) is 0 Å². The minimum Gasteiger partial charge on any atom is -0.510 e.